The summed E-state index contributed by atoms with van der Waals surface area (Å²) in [4.78, 5) is 25.7. The van der Waals surface area contributed by atoms with E-state index < -0.39 is 11.4 Å². The largest absolute Gasteiger partial charge is 0.481 e. The Labute approximate surface area is 125 Å². The van der Waals surface area contributed by atoms with Crippen LogP contribution < -0.4 is 0 Å². The Hall–Kier alpha value is -1.30. The lowest BCUT2D eigenvalue weighted by molar-refractivity contribution is -0.149. The van der Waals surface area contributed by atoms with Crippen LogP contribution >= 0.6 is 15.9 Å². The third-order valence-corrected chi connectivity index (χ3v) is 5.06. The van der Waals surface area contributed by atoms with Gasteiger partial charge in [-0.3, -0.25) is 9.59 Å². The predicted molar refractivity (Wildman–Crippen MR) is 74.5 cm³/mol. The van der Waals surface area contributed by atoms with Crippen LogP contribution in [-0.2, 0) is 4.79 Å². The molecule has 0 radical (unpaired) electrons. The van der Waals surface area contributed by atoms with Crippen LogP contribution in [0.1, 0.15) is 35.4 Å². The molecule has 0 bridgehead atoms. The molecule has 0 unspecified atom stereocenters. The first-order valence-electron chi connectivity index (χ1n) is 6.72. The highest BCUT2D eigenvalue weighted by molar-refractivity contribution is 9.10. The fourth-order valence-electron chi connectivity index (χ4n) is 3.59. The minimum Gasteiger partial charge on any atom is -0.481 e. The number of hydrogen-bond donors (Lipinski definition) is 1. The van der Waals surface area contributed by atoms with Crippen LogP contribution in [0.4, 0.5) is 0 Å². The second-order valence-electron chi connectivity index (χ2n) is 5.80. The Morgan fingerprint density at radius 2 is 2.30 bits per heavy atom. The van der Waals surface area contributed by atoms with Crippen molar-refractivity contribution in [3.05, 3.63) is 22.1 Å². The van der Waals surface area contributed by atoms with Gasteiger partial charge in [-0.2, -0.15) is 0 Å². The Balaban J connectivity index is 1.85. The lowest BCUT2D eigenvalue weighted by Gasteiger charge is -2.23. The van der Waals surface area contributed by atoms with Crippen molar-refractivity contribution in [2.75, 3.05) is 13.1 Å². The van der Waals surface area contributed by atoms with E-state index in [2.05, 4.69) is 15.9 Å². The number of carboxylic acids is 1. The molecule has 1 N–H and O–H groups in total. The molecule has 1 saturated carbocycles. The van der Waals surface area contributed by atoms with E-state index >= 15 is 0 Å². The van der Waals surface area contributed by atoms with E-state index in [1.807, 2.05) is 6.92 Å². The van der Waals surface area contributed by atoms with Gasteiger partial charge in [0.15, 0.2) is 10.4 Å². The van der Waals surface area contributed by atoms with Crippen LogP contribution in [0.2, 0.25) is 0 Å². The van der Waals surface area contributed by atoms with Crippen molar-refractivity contribution >= 4 is 27.8 Å². The number of amides is 1. The summed E-state index contributed by atoms with van der Waals surface area (Å²) in [6.07, 6.45) is 2.48. The van der Waals surface area contributed by atoms with Gasteiger partial charge in [-0.1, -0.05) is 6.42 Å². The molecule has 2 atom stereocenters. The van der Waals surface area contributed by atoms with Gasteiger partial charge in [0, 0.05) is 18.7 Å². The molecule has 2 aliphatic rings. The van der Waals surface area contributed by atoms with Crippen LogP contribution in [0.15, 0.2) is 15.2 Å². The van der Waals surface area contributed by atoms with Crippen molar-refractivity contribution in [2.24, 2.45) is 11.3 Å². The number of carbonyl (C=O) groups is 2. The number of furan rings is 1. The molecule has 1 saturated heterocycles. The predicted octanol–water partition coefficient (Wildman–Crippen LogP) is 2.68. The zero-order chi connectivity index (χ0) is 14.5. The molecule has 0 spiro atoms. The molecule has 6 heteroatoms. The summed E-state index contributed by atoms with van der Waals surface area (Å²) in [6.45, 7) is 2.62. The molecule has 20 heavy (non-hydrogen) atoms. The molecular weight excluding hydrogens is 326 g/mol. The van der Waals surface area contributed by atoms with E-state index in [0.717, 1.165) is 18.4 Å². The van der Waals surface area contributed by atoms with Crippen molar-refractivity contribution in [3.8, 4) is 0 Å². The van der Waals surface area contributed by atoms with E-state index in [1.54, 1.807) is 11.0 Å². The zero-order valence-corrected chi connectivity index (χ0v) is 12.8. The number of fused-ring (bicyclic) bond motifs is 1. The highest BCUT2D eigenvalue weighted by Gasteiger charge is 2.56. The van der Waals surface area contributed by atoms with E-state index in [9.17, 15) is 14.7 Å². The number of aryl methyl sites for hydroxylation is 1. The summed E-state index contributed by atoms with van der Waals surface area (Å²) >= 11 is 3.21. The zero-order valence-electron chi connectivity index (χ0n) is 11.2. The molecule has 1 aliphatic carbocycles. The molecular formula is C14H16BrNO4. The number of hydrogen-bond acceptors (Lipinski definition) is 3. The van der Waals surface area contributed by atoms with Gasteiger partial charge in [-0.05, 0) is 47.7 Å². The number of carbonyl (C=O) groups excluding carboxylic acids is 1. The van der Waals surface area contributed by atoms with Gasteiger partial charge >= 0.3 is 5.97 Å². The summed E-state index contributed by atoms with van der Waals surface area (Å²) in [5.74, 6) is -0.601. The highest BCUT2D eigenvalue weighted by atomic mass is 79.9. The van der Waals surface area contributed by atoms with Gasteiger partial charge < -0.3 is 14.4 Å². The fraction of sp³-hybridized carbons (Fsp3) is 0.571. The Kier molecular flexibility index (Phi) is 3.16. The number of nitrogens with zero attached hydrogens (tertiary/aromatic N) is 1. The van der Waals surface area contributed by atoms with Crippen molar-refractivity contribution < 1.29 is 19.1 Å². The monoisotopic (exact) mass is 341 g/mol. The number of rotatable bonds is 2. The Bertz CT molecular complexity index is 582. The van der Waals surface area contributed by atoms with Crippen LogP contribution in [0, 0.1) is 18.3 Å². The molecule has 108 valence electrons. The number of likely N-dealkylation sites (tertiary alicyclic amines) is 1. The second-order valence-corrected chi connectivity index (χ2v) is 6.58. The Morgan fingerprint density at radius 3 is 2.85 bits per heavy atom. The maximum absolute atomic E-state index is 12.5. The maximum Gasteiger partial charge on any atom is 0.311 e. The summed E-state index contributed by atoms with van der Waals surface area (Å²) in [6, 6.07) is 1.75. The molecule has 1 aromatic rings. The van der Waals surface area contributed by atoms with E-state index in [1.165, 1.54) is 0 Å². The average molecular weight is 342 g/mol. The van der Waals surface area contributed by atoms with Crippen molar-refractivity contribution in [3.63, 3.8) is 0 Å². The van der Waals surface area contributed by atoms with Crippen LogP contribution in [0.3, 0.4) is 0 Å². The van der Waals surface area contributed by atoms with Crippen molar-refractivity contribution in [1.82, 2.24) is 4.90 Å². The summed E-state index contributed by atoms with van der Waals surface area (Å²) in [5, 5.41) is 9.53. The van der Waals surface area contributed by atoms with E-state index in [0.29, 0.717) is 29.9 Å². The number of aliphatic carboxylic acids is 1. The molecule has 2 heterocycles. The molecule has 1 aromatic heterocycles. The van der Waals surface area contributed by atoms with Gasteiger partial charge in [-0.25, -0.2) is 0 Å². The van der Waals surface area contributed by atoms with Crippen LogP contribution in [0.5, 0.6) is 0 Å². The second kappa shape index (κ2) is 4.62. The first kappa shape index (κ1) is 13.7. The Morgan fingerprint density at radius 1 is 1.55 bits per heavy atom. The normalized spacial score (nSPS) is 28.7. The smallest absolute Gasteiger partial charge is 0.311 e. The minimum absolute atomic E-state index is 0.0719. The SMILES string of the molecule is Cc1cc(Br)oc1C(=O)N1C[C@@H]2CCC[C@@]2(C(=O)O)C1. The highest BCUT2D eigenvalue weighted by Crippen LogP contribution is 2.49. The summed E-state index contributed by atoms with van der Waals surface area (Å²) < 4.78 is 5.90. The lowest BCUT2D eigenvalue weighted by Crippen LogP contribution is -2.37. The van der Waals surface area contributed by atoms with Gasteiger partial charge in [0.05, 0.1) is 5.41 Å². The van der Waals surface area contributed by atoms with Gasteiger partial charge in [0.1, 0.15) is 0 Å². The summed E-state index contributed by atoms with van der Waals surface area (Å²) in [5.41, 5.74) is 0.0243. The van der Waals surface area contributed by atoms with Gasteiger partial charge in [-0.15, -0.1) is 0 Å². The maximum atomic E-state index is 12.5. The number of carboxylic acid groups (broad SMARTS) is 1. The summed E-state index contributed by atoms with van der Waals surface area (Å²) in [7, 11) is 0. The topological polar surface area (TPSA) is 70.8 Å². The number of halogens is 1. The van der Waals surface area contributed by atoms with Crippen LogP contribution in [-0.4, -0.2) is 35.0 Å². The lowest BCUT2D eigenvalue weighted by atomic mass is 9.81. The van der Waals surface area contributed by atoms with Crippen molar-refractivity contribution in [1.29, 1.82) is 0 Å². The van der Waals surface area contributed by atoms with Gasteiger partial charge in [0.25, 0.3) is 5.91 Å². The molecule has 3 rings (SSSR count). The first-order valence-corrected chi connectivity index (χ1v) is 7.52. The molecule has 1 amide bonds. The first-order chi connectivity index (χ1) is 9.44. The molecule has 0 aromatic carbocycles. The third-order valence-electron chi connectivity index (χ3n) is 4.67. The average Bonchev–Trinajstić information content (AvgIpc) is 2.99. The van der Waals surface area contributed by atoms with E-state index in [-0.39, 0.29) is 11.8 Å². The minimum atomic E-state index is -0.771. The quantitative estimate of drug-likeness (QED) is 0.897. The molecule has 2 fully saturated rings. The molecule has 5 nitrogen and oxygen atoms in total. The molecule has 1 aliphatic heterocycles. The van der Waals surface area contributed by atoms with Crippen LogP contribution in [0.25, 0.3) is 0 Å². The third kappa shape index (κ3) is 1.89. The fourth-order valence-corrected chi connectivity index (χ4v) is 4.10. The standard InChI is InChI=1S/C14H16BrNO4/c1-8-5-10(15)20-11(8)12(17)16-6-9-3-2-4-14(9,7-16)13(18)19/h5,9H,2-4,6-7H2,1H3,(H,18,19)/t9-,14+/m0/s1. The van der Waals surface area contributed by atoms with E-state index in [4.69, 9.17) is 4.42 Å². The van der Waals surface area contributed by atoms with Gasteiger partial charge in [0.2, 0.25) is 0 Å². The van der Waals surface area contributed by atoms with Crippen molar-refractivity contribution in [2.45, 2.75) is 26.2 Å².